The minimum atomic E-state index is 0.808. The van der Waals surface area contributed by atoms with Crippen molar-refractivity contribution in [2.24, 2.45) is 0 Å². The van der Waals surface area contributed by atoms with E-state index in [0.717, 1.165) is 16.8 Å². The first kappa shape index (κ1) is 9.33. The predicted octanol–water partition coefficient (Wildman–Crippen LogP) is 3.06. The van der Waals surface area contributed by atoms with E-state index in [4.69, 9.17) is 0 Å². The van der Waals surface area contributed by atoms with E-state index in [0.29, 0.717) is 0 Å². The average molecular weight is 180 g/mol. The molecule has 0 aromatic heterocycles. The first-order chi connectivity index (χ1) is 5.65. The standard InChI is InChI=1S/C10H12OS/c1-7-4-5-10(8(2)6-11)12-9(7)3/h4-6H,1-3H3/b10-8+. The maximum absolute atomic E-state index is 10.5. The molecule has 0 aromatic carbocycles. The van der Waals surface area contributed by atoms with Crippen molar-refractivity contribution in [2.75, 3.05) is 0 Å². The first-order valence-corrected chi connectivity index (χ1v) is 4.66. The van der Waals surface area contributed by atoms with Gasteiger partial charge in [0.1, 0.15) is 6.29 Å². The van der Waals surface area contributed by atoms with Gasteiger partial charge in [0.2, 0.25) is 0 Å². The molecule has 0 radical (unpaired) electrons. The van der Waals surface area contributed by atoms with Crippen LogP contribution in [0.4, 0.5) is 0 Å². The SMILES string of the molecule is CC1=C(C)S/C(=C(\C)C=O)C=C1. The molecule has 1 heterocycles. The van der Waals surface area contributed by atoms with E-state index in [1.54, 1.807) is 11.8 Å². The highest BCUT2D eigenvalue weighted by Crippen LogP contribution is 2.34. The topological polar surface area (TPSA) is 17.1 Å². The number of carbonyl (C=O) groups excluding carboxylic acids is 1. The van der Waals surface area contributed by atoms with Gasteiger partial charge in [0.15, 0.2) is 0 Å². The number of hydrogen-bond acceptors (Lipinski definition) is 2. The zero-order chi connectivity index (χ0) is 9.14. The van der Waals surface area contributed by atoms with Gasteiger partial charge >= 0.3 is 0 Å². The molecule has 0 spiro atoms. The molecule has 0 bridgehead atoms. The third kappa shape index (κ3) is 1.89. The molecule has 12 heavy (non-hydrogen) atoms. The van der Waals surface area contributed by atoms with Gasteiger partial charge in [-0.25, -0.2) is 0 Å². The molecule has 2 heteroatoms. The summed E-state index contributed by atoms with van der Waals surface area (Å²) >= 11 is 1.67. The van der Waals surface area contributed by atoms with Crippen molar-refractivity contribution in [3.05, 3.63) is 33.1 Å². The highest BCUT2D eigenvalue weighted by molar-refractivity contribution is 8.07. The number of hydrogen-bond donors (Lipinski definition) is 0. The van der Waals surface area contributed by atoms with Crippen LogP contribution < -0.4 is 0 Å². The number of rotatable bonds is 1. The van der Waals surface area contributed by atoms with Crippen LogP contribution in [0.5, 0.6) is 0 Å². The Bertz CT molecular complexity index is 295. The zero-order valence-corrected chi connectivity index (χ0v) is 8.37. The fourth-order valence-electron chi connectivity index (χ4n) is 0.868. The van der Waals surface area contributed by atoms with E-state index in [1.165, 1.54) is 10.5 Å². The highest BCUT2D eigenvalue weighted by Gasteiger charge is 2.06. The molecule has 0 N–H and O–H groups in total. The van der Waals surface area contributed by atoms with Gasteiger partial charge in [0.25, 0.3) is 0 Å². The predicted molar refractivity (Wildman–Crippen MR) is 53.9 cm³/mol. The average Bonchev–Trinajstić information content (AvgIpc) is 2.08. The second-order valence-corrected chi connectivity index (χ2v) is 4.10. The number of allylic oxidation sites excluding steroid dienone is 5. The summed E-state index contributed by atoms with van der Waals surface area (Å²) in [4.78, 5) is 12.8. The van der Waals surface area contributed by atoms with E-state index in [2.05, 4.69) is 13.8 Å². The fourth-order valence-corrected chi connectivity index (χ4v) is 1.77. The van der Waals surface area contributed by atoms with Gasteiger partial charge in [-0.1, -0.05) is 17.8 Å². The quantitative estimate of drug-likeness (QED) is 0.455. The third-order valence-electron chi connectivity index (χ3n) is 1.87. The molecule has 0 atom stereocenters. The fraction of sp³-hybridized carbons (Fsp3) is 0.300. The molecule has 1 aliphatic rings. The summed E-state index contributed by atoms with van der Waals surface area (Å²) in [5.41, 5.74) is 2.09. The minimum Gasteiger partial charge on any atom is -0.298 e. The van der Waals surface area contributed by atoms with Gasteiger partial charge in [-0.3, -0.25) is 4.79 Å². The van der Waals surface area contributed by atoms with Crippen molar-refractivity contribution in [2.45, 2.75) is 20.8 Å². The number of carbonyl (C=O) groups is 1. The van der Waals surface area contributed by atoms with E-state index >= 15 is 0 Å². The lowest BCUT2D eigenvalue weighted by Gasteiger charge is -2.11. The van der Waals surface area contributed by atoms with Gasteiger partial charge in [0, 0.05) is 10.5 Å². The van der Waals surface area contributed by atoms with E-state index in [9.17, 15) is 4.79 Å². The van der Waals surface area contributed by atoms with Crippen LogP contribution in [0.15, 0.2) is 33.1 Å². The van der Waals surface area contributed by atoms with Gasteiger partial charge in [-0.05, 0) is 37.3 Å². The molecule has 0 aliphatic carbocycles. The van der Waals surface area contributed by atoms with E-state index < -0.39 is 0 Å². The Balaban J connectivity index is 2.96. The molecule has 0 saturated heterocycles. The van der Waals surface area contributed by atoms with Crippen LogP contribution in [0, 0.1) is 0 Å². The Morgan fingerprint density at radius 2 is 2.08 bits per heavy atom. The summed E-state index contributed by atoms with van der Waals surface area (Å²) in [7, 11) is 0. The molecule has 64 valence electrons. The van der Waals surface area contributed by atoms with Crippen LogP contribution in [0.2, 0.25) is 0 Å². The zero-order valence-electron chi connectivity index (χ0n) is 7.55. The summed E-state index contributed by atoms with van der Waals surface area (Å²) in [6.45, 7) is 5.99. The number of thioether (sulfide) groups is 1. The minimum absolute atomic E-state index is 0.808. The first-order valence-electron chi connectivity index (χ1n) is 3.84. The number of aldehydes is 1. The molecular weight excluding hydrogens is 168 g/mol. The Labute approximate surface area is 77.2 Å². The van der Waals surface area contributed by atoms with Crippen LogP contribution in [-0.4, -0.2) is 6.29 Å². The van der Waals surface area contributed by atoms with Crippen molar-refractivity contribution in [1.29, 1.82) is 0 Å². The molecule has 1 nitrogen and oxygen atoms in total. The van der Waals surface area contributed by atoms with Crippen LogP contribution in [0.1, 0.15) is 20.8 Å². The molecule has 0 aromatic rings. The Morgan fingerprint density at radius 3 is 2.58 bits per heavy atom. The lowest BCUT2D eigenvalue weighted by molar-refractivity contribution is -0.104. The summed E-state index contributed by atoms with van der Waals surface area (Å²) in [6.07, 6.45) is 4.95. The molecule has 0 fully saturated rings. The Hall–Kier alpha value is -0.760. The second-order valence-electron chi connectivity index (χ2n) is 2.84. The van der Waals surface area contributed by atoms with Crippen molar-refractivity contribution < 1.29 is 4.79 Å². The summed E-state index contributed by atoms with van der Waals surface area (Å²) < 4.78 is 0. The molecule has 0 amide bonds. The van der Waals surface area contributed by atoms with Crippen molar-refractivity contribution in [3.8, 4) is 0 Å². The van der Waals surface area contributed by atoms with Crippen molar-refractivity contribution >= 4 is 18.0 Å². The monoisotopic (exact) mass is 180 g/mol. The summed E-state index contributed by atoms with van der Waals surface area (Å²) in [6, 6.07) is 0. The van der Waals surface area contributed by atoms with Gasteiger partial charge in [-0.15, -0.1) is 0 Å². The maximum Gasteiger partial charge on any atom is 0.146 e. The smallest absolute Gasteiger partial charge is 0.146 e. The lowest BCUT2D eigenvalue weighted by atomic mass is 10.2. The van der Waals surface area contributed by atoms with Crippen LogP contribution >= 0.6 is 11.8 Å². The Morgan fingerprint density at radius 1 is 1.42 bits per heavy atom. The van der Waals surface area contributed by atoms with Crippen LogP contribution in [0.25, 0.3) is 0 Å². The van der Waals surface area contributed by atoms with Crippen molar-refractivity contribution in [1.82, 2.24) is 0 Å². The van der Waals surface area contributed by atoms with Crippen LogP contribution in [-0.2, 0) is 4.79 Å². The van der Waals surface area contributed by atoms with Crippen LogP contribution in [0.3, 0.4) is 0 Å². The molecule has 0 saturated carbocycles. The van der Waals surface area contributed by atoms with E-state index in [-0.39, 0.29) is 0 Å². The Kier molecular flexibility index (Phi) is 2.93. The normalized spacial score (nSPS) is 21.2. The highest BCUT2D eigenvalue weighted by atomic mass is 32.2. The van der Waals surface area contributed by atoms with Crippen molar-refractivity contribution in [3.63, 3.8) is 0 Å². The van der Waals surface area contributed by atoms with Gasteiger partial charge < -0.3 is 0 Å². The summed E-state index contributed by atoms with van der Waals surface area (Å²) in [5, 5.41) is 0. The lowest BCUT2D eigenvalue weighted by Crippen LogP contribution is -1.89. The van der Waals surface area contributed by atoms with Gasteiger partial charge in [-0.2, -0.15) is 0 Å². The third-order valence-corrected chi connectivity index (χ3v) is 3.17. The molecule has 1 aliphatic heterocycles. The van der Waals surface area contributed by atoms with Gasteiger partial charge in [0.05, 0.1) is 0 Å². The maximum atomic E-state index is 10.5. The molecular formula is C10H12OS. The molecule has 1 rings (SSSR count). The largest absolute Gasteiger partial charge is 0.298 e. The van der Waals surface area contributed by atoms with E-state index in [1.807, 2.05) is 19.1 Å². The molecule has 0 unspecified atom stereocenters. The second kappa shape index (κ2) is 3.76. The summed E-state index contributed by atoms with van der Waals surface area (Å²) in [5.74, 6) is 0.